The van der Waals surface area contributed by atoms with E-state index in [1.807, 2.05) is 0 Å². The Hall–Kier alpha value is -1.85. The van der Waals surface area contributed by atoms with E-state index < -0.39 is 55.8 Å². The Kier molecular flexibility index (Phi) is 6.09. The second kappa shape index (κ2) is 8.01. The lowest BCUT2D eigenvalue weighted by Crippen LogP contribution is -2.49. The van der Waals surface area contributed by atoms with Gasteiger partial charge in [0.15, 0.2) is 12.4 Å². The Morgan fingerprint density at radius 3 is 2.80 bits per heavy atom. The highest BCUT2D eigenvalue weighted by atomic mass is 31.2. The summed E-state index contributed by atoms with van der Waals surface area (Å²) in [6.45, 7) is 5.62. The number of phosphoric ester groups is 1. The van der Waals surface area contributed by atoms with E-state index >= 15 is 4.39 Å². The number of nitrogens with zero attached hydrogens (tertiary/aromatic N) is 2. The minimum absolute atomic E-state index is 0.0189. The van der Waals surface area contributed by atoms with Crippen LogP contribution in [0.3, 0.4) is 0 Å². The molecule has 0 saturated carbocycles. The number of aromatic nitrogens is 2. The smallest absolute Gasteiger partial charge is 0.437 e. The second-order valence-corrected chi connectivity index (χ2v) is 9.71. The number of anilines is 1. The molecule has 3 heterocycles. The van der Waals surface area contributed by atoms with Crippen LogP contribution in [0.5, 0.6) is 0 Å². The van der Waals surface area contributed by atoms with E-state index in [0.29, 0.717) is 0 Å². The molecule has 2 aliphatic heterocycles. The topological polar surface area (TPSA) is 141 Å². The van der Waals surface area contributed by atoms with E-state index in [2.05, 4.69) is 4.98 Å². The number of alkyl halides is 1. The van der Waals surface area contributed by atoms with Crippen LogP contribution in [0.15, 0.2) is 17.1 Å². The zero-order valence-electron chi connectivity index (χ0n) is 17.1. The van der Waals surface area contributed by atoms with E-state index in [4.69, 9.17) is 28.8 Å². The molecular formula is C17H25FN3O8P. The van der Waals surface area contributed by atoms with Crippen LogP contribution in [0.1, 0.15) is 40.3 Å². The first-order chi connectivity index (χ1) is 13.9. The molecule has 0 spiro atoms. The molecule has 11 nitrogen and oxygen atoms in total. The highest BCUT2D eigenvalue weighted by Crippen LogP contribution is 2.60. The van der Waals surface area contributed by atoms with Crippen LogP contribution in [0.2, 0.25) is 0 Å². The SMILES string of the molecule is CCC12COP(=O)(OCOC(=O)C(C)(C)C)OC1C(F)C(n1ccc(N)nc1=O)O2. The summed E-state index contributed by atoms with van der Waals surface area (Å²) in [5.41, 5.74) is 2.57. The third-order valence-corrected chi connectivity index (χ3v) is 6.23. The highest BCUT2D eigenvalue weighted by molar-refractivity contribution is 7.48. The van der Waals surface area contributed by atoms with Crippen LogP contribution < -0.4 is 11.4 Å². The number of hydrogen-bond donors (Lipinski definition) is 1. The molecule has 30 heavy (non-hydrogen) atoms. The van der Waals surface area contributed by atoms with E-state index in [0.717, 1.165) is 4.57 Å². The van der Waals surface area contributed by atoms with Crippen LogP contribution in [0, 0.1) is 5.41 Å². The van der Waals surface area contributed by atoms with Gasteiger partial charge in [-0.3, -0.25) is 18.4 Å². The molecule has 2 aliphatic rings. The molecule has 5 atom stereocenters. The predicted octanol–water partition coefficient (Wildman–Crippen LogP) is 1.93. The largest absolute Gasteiger partial charge is 0.478 e. The third-order valence-electron chi connectivity index (χ3n) is 4.88. The fraction of sp³-hybridized carbons (Fsp3) is 0.706. The third kappa shape index (κ3) is 4.28. The van der Waals surface area contributed by atoms with Crippen molar-refractivity contribution in [3.8, 4) is 0 Å². The number of nitrogen functional groups attached to an aromatic ring is 1. The molecule has 0 radical (unpaired) electrons. The Bertz CT molecular complexity index is 919. The second-order valence-electron chi connectivity index (χ2n) is 8.09. The molecule has 2 N–H and O–H groups in total. The summed E-state index contributed by atoms with van der Waals surface area (Å²) >= 11 is 0. The van der Waals surface area contributed by atoms with Gasteiger partial charge < -0.3 is 15.2 Å². The van der Waals surface area contributed by atoms with E-state index in [9.17, 15) is 14.2 Å². The van der Waals surface area contributed by atoms with Crippen molar-refractivity contribution in [3.05, 3.63) is 22.7 Å². The zero-order valence-corrected chi connectivity index (χ0v) is 18.0. The van der Waals surface area contributed by atoms with Gasteiger partial charge in [0.2, 0.25) is 6.79 Å². The molecule has 2 saturated heterocycles. The van der Waals surface area contributed by atoms with Crippen molar-refractivity contribution in [1.82, 2.24) is 9.55 Å². The average Bonchev–Trinajstić information content (AvgIpc) is 2.94. The number of phosphoric acid groups is 1. The van der Waals surface area contributed by atoms with Crippen LogP contribution in [0.25, 0.3) is 0 Å². The van der Waals surface area contributed by atoms with Crippen molar-refractivity contribution in [2.75, 3.05) is 19.1 Å². The number of esters is 1. The number of carbonyl (C=O) groups excluding carboxylic acids is 1. The summed E-state index contributed by atoms with van der Waals surface area (Å²) in [7, 11) is -4.24. The van der Waals surface area contributed by atoms with Gasteiger partial charge in [0, 0.05) is 6.20 Å². The maximum atomic E-state index is 15.3. The molecule has 2 fully saturated rings. The van der Waals surface area contributed by atoms with Gasteiger partial charge in [0.05, 0.1) is 12.0 Å². The van der Waals surface area contributed by atoms with Gasteiger partial charge in [0.25, 0.3) is 0 Å². The standard InChI is InChI=1S/C17H25FN3O8P/c1-5-17-8-26-30(24,27-9-25-14(22)16(2,3)4)29-12(17)11(18)13(28-17)21-7-6-10(19)20-15(21)23/h6-7,11-13H,5,8-9H2,1-4H3,(H2,19,20,23). The van der Waals surface area contributed by atoms with Crippen molar-refractivity contribution < 1.29 is 36.8 Å². The number of rotatable bonds is 5. The molecule has 5 unspecified atom stereocenters. The maximum Gasteiger partial charge on any atom is 0.478 e. The van der Waals surface area contributed by atoms with Gasteiger partial charge in [-0.25, -0.2) is 18.3 Å². The summed E-state index contributed by atoms with van der Waals surface area (Å²) in [4.78, 5) is 27.5. The fourth-order valence-electron chi connectivity index (χ4n) is 3.09. The number of hydrogen-bond acceptors (Lipinski definition) is 10. The van der Waals surface area contributed by atoms with Gasteiger partial charge in [0.1, 0.15) is 17.5 Å². The van der Waals surface area contributed by atoms with Crippen molar-refractivity contribution in [1.29, 1.82) is 0 Å². The van der Waals surface area contributed by atoms with E-state index in [-0.39, 0.29) is 18.8 Å². The Labute approximate surface area is 172 Å². The van der Waals surface area contributed by atoms with Gasteiger partial charge >= 0.3 is 19.5 Å². The van der Waals surface area contributed by atoms with Crippen molar-refractivity contribution in [2.45, 2.75) is 58.2 Å². The lowest BCUT2D eigenvalue weighted by molar-refractivity contribution is -0.167. The first kappa shape index (κ1) is 22.8. The van der Waals surface area contributed by atoms with Gasteiger partial charge in [-0.1, -0.05) is 6.92 Å². The molecule has 0 aliphatic carbocycles. The maximum absolute atomic E-state index is 15.3. The van der Waals surface area contributed by atoms with E-state index in [1.165, 1.54) is 12.3 Å². The summed E-state index contributed by atoms with van der Waals surface area (Å²) < 4.78 is 55.3. The zero-order chi connectivity index (χ0) is 22.3. The van der Waals surface area contributed by atoms with Gasteiger partial charge in [-0.05, 0) is 33.3 Å². The molecule has 168 valence electrons. The summed E-state index contributed by atoms with van der Waals surface area (Å²) in [5.74, 6) is -0.605. The monoisotopic (exact) mass is 449 g/mol. The molecule has 0 amide bonds. The van der Waals surface area contributed by atoms with Gasteiger partial charge in [-0.15, -0.1) is 0 Å². The molecule has 13 heteroatoms. The van der Waals surface area contributed by atoms with Crippen molar-refractivity contribution >= 4 is 19.6 Å². The summed E-state index contributed by atoms with van der Waals surface area (Å²) in [6.07, 6.45) is -3.12. The fourth-order valence-corrected chi connectivity index (χ4v) is 4.43. The Morgan fingerprint density at radius 1 is 1.50 bits per heavy atom. The summed E-state index contributed by atoms with van der Waals surface area (Å²) in [6, 6.07) is 1.33. The molecule has 1 aromatic heterocycles. The predicted molar refractivity (Wildman–Crippen MR) is 101 cm³/mol. The quantitative estimate of drug-likeness (QED) is 0.403. The molecule has 0 aromatic carbocycles. The van der Waals surface area contributed by atoms with Crippen LogP contribution in [-0.4, -0.2) is 46.8 Å². The Morgan fingerprint density at radius 2 is 2.20 bits per heavy atom. The highest BCUT2D eigenvalue weighted by Gasteiger charge is 2.62. The first-order valence-electron chi connectivity index (χ1n) is 9.32. The molecule has 3 rings (SSSR count). The first-order valence-corrected chi connectivity index (χ1v) is 10.8. The number of fused-ring (bicyclic) bond motifs is 1. The summed E-state index contributed by atoms with van der Waals surface area (Å²) in [5, 5.41) is 0. The molecule has 1 aromatic rings. The number of halogens is 1. The normalized spacial score (nSPS) is 33.8. The van der Waals surface area contributed by atoms with Crippen LogP contribution >= 0.6 is 7.82 Å². The van der Waals surface area contributed by atoms with Crippen molar-refractivity contribution in [2.24, 2.45) is 5.41 Å². The van der Waals surface area contributed by atoms with Crippen molar-refractivity contribution in [3.63, 3.8) is 0 Å². The van der Waals surface area contributed by atoms with Crippen LogP contribution in [-0.2, 0) is 32.4 Å². The van der Waals surface area contributed by atoms with Crippen LogP contribution in [0.4, 0.5) is 10.2 Å². The number of carbonyl (C=O) groups is 1. The minimum atomic E-state index is -4.24. The minimum Gasteiger partial charge on any atom is -0.437 e. The van der Waals surface area contributed by atoms with Gasteiger partial charge in [-0.2, -0.15) is 4.98 Å². The lowest BCUT2D eigenvalue weighted by Gasteiger charge is -2.39. The Balaban J connectivity index is 1.75. The molecular weight excluding hydrogens is 424 g/mol. The van der Waals surface area contributed by atoms with E-state index in [1.54, 1.807) is 27.7 Å². The average molecular weight is 449 g/mol. The number of ether oxygens (including phenoxy) is 2. The molecule has 0 bridgehead atoms. The number of nitrogens with two attached hydrogens (primary N) is 1. The lowest BCUT2D eigenvalue weighted by atomic mass is 9.94.